The molecule has 0 atom stereocenters. The Morgan fingerprint density at radius 2 is 2.08 bits per heavy atom. The zero-order chi connectivity index (χ0) is 9.26. The third-order valence-electron chi connectivity index (χ3n) is 1.72. The Morgan fingerprint density at radius 3 is 2.69 bits per heavy atom. The molecule has 13 heavy (non-hydrogen) atoms. The van der Waals surface area contributed by atoms with Crippen LogP contribution < -0.4 is 5.73 Å². The predicted molar refractivity (Wildman–Crippen MR) is 46.1 cm³/mol. The maximum absolute atomic E-state index is 5.82. The van der Waals surface area contributed by atoms with E-state index in [0.717, 1.165) is 0 Å². The quantitative estimate of drug-likeness (QED) is 0.680. The fourth-order valence-corrected chi connectivity index (χ4v) is 1.36. The van der Waals surface area contributed by atoms with E-state index in [1.165, 1.54) is 6.33 Å². The first-order valence-corrected chi connectivity index (χ1v) is 4.16. The Morgan fingerprint density at radius 1 is 1.38 bits per heavy atom. The molecule has 5 nitrogen and oxygen atoms in total. The Labute approximate surface area is 79.8 Å². The van der Waals surface area contributed by atoms with Gasteiger partial charge in [0.25, 0.3) is 0 Å². The number of aromatic nitrogens is 2. The van der Waals surface area contributed by atoms with Crippen molar-refractivity contribution in [3.63, 3.8) is 0 Å². The van der Waals surface area contributed by atoms with Crippen molar-refractivity contribution in [2.75, 3.05) is 18.9 Å². The van der Waals surface area contributed by atoms with Crippen LogP contribution in [0.5, 0.6) is 0 Å². The van der Waals surface area contributed by atoms with Crippen molar-refractivity contribution in [2.24, 2.45) is 0 Å². The third-order valence-corrected chi connectivity index (χ3v) is 2.02. The first-order valence-electron chi connectivity index (χ1n) is 3.78. The van der Waals surface area contributed by atoms with Crippen molar-refractivity contribution in [3.05, 3.63) is 17.0 Å². The summed E-state index contributed by atoms with van der Waals surface area (Å²) >= 11 is 5.82. The molecule has 2 heterocycles. The number of nitrogen functional groups attached to an aromatic ring is 1. The number of nitrogens with two attached hydrogens (primary N) is 1. The summed E-state index contributed by atoms with van der Waals surface area (Å²) in [7, 11) is 0. The van der Waals surface area contributed by atoms with Crippen LogP contribution >= 0.6 is 11.6 Å². The molecule has 1 aromatic heterocycles. The summed E-state index contributed by atoms with van der Waals surface area (Å²) in [4.78, 5) is 7.61. The second kappa shape index (κ2) is 3.45. The van der Waals surface area contributed by atoms with Crippen molar-refractivity contribution in [3.8, 4) is 0 Å². The molecule has 0 aromatic carbocycles. The minimum Gasteiger partial charge on any atom is -0.383 e. The van der Waals surface area contributed by atoms with Gasteiger partial charge in [0.15, 0.2) is 6.29 Å². The van der Waals surface area contributed by atoms with Gasteiger partial charge in [0.2, 0.25) is 0 Å². The summed E-state index contributed by atoms with van der Waals surface area (Å²) in [6.45, 7) is 1.07. The normalized spacial score (nSPS) is 17.9. The Hall–Kier alpha value is -0.910. The topological polar surface area (TPSA) is 70.3 Å². The van der Waals surface area contributed by atoms with Crippen molar-refractivity contribution >= 4 is 17.4 Å². The van der Waals surface area contributed by atoms with Gasteiger partial charge >= 0.3 is 0 Å². The van der Waals surface area contributed by atoms with Crippen LogP contribution in [0.1, 0.15) is 11.9 Å². The lowest BCUT2D eigenvalue weighted by Crippen LogP contribution is -2.06. The van der Waals surface area contributed by atoms with Gasteiger partial charge in [-0.2, -0.15) is 0 Å². The van der Waals surface area contributed by atoms with Gasteiger partial charge in [-0.25, -0.2) is 9.97 Å². The average molecular weight is 202 g/mol. The molecule has 2 N–H and O–H groups in total. The first kappa shape index (κ1) is 8.68. The highest BCUT2D eigenvalue weighted by Crippen LogP contribution is 2.30. The Balaban J connectivity index is 2.37. The second-order valence-corrected chi connectivity index (χ2v) is 2.89. The largest absolute Gasteiger partial charge is 0.383 e. The summed E-state index contributed by atoms with van der Waals surface area (Å²) in [6, 6.07) is 0. The molecule has 0 bridgehead atoms. The van der Waals surface area contributed by atoms with Gasteiger partial charge in [-0.1, -0.05) is 11.6 Å². The SMILES string of the molecule is Nc1ncnc(Cl)c1C1OCCO1. The molecule has 1 fully saturated rings. The van der Waals surface area contributed by atoms with Gasteiger partial charge < -0.3 is 15.2 Å². The molecule has 0 aliphatic carbocycles. The summed E-state index contributed by atoms with van der Waals surface area (Å²) in [6.07, 6.45) is 0.782. The van der Waals surface area contributed by atoms with Crippen LogP contribution in [0.2, 0.25) is 5.15 Å². The first-order chi connectivity index (χ1) is 6.29. The molecular formula is C7H8ClN3O2. The van der Waals surface area contributed by atoms with Crippen molar-refractivity contribution in [1.82, 2.24) is 9.97 Å². The van der Waals surface area contributed by atoms with E-state index in [4.69, 9.17) is 26.8 Å². The van der Waals surface area contributed by atoms with E-state index in [1.54, 1.807) is 0 Å². The molecule has 0 amide bonds. The molecule has 70 valence electrons. The van der Waals surface area contributed by atoms with Gasteiger partial charge in [0, 0.05) is 0 Å². The lowest BCUT2D eigenvalue weighted by molar-refractivity contribution is -0.0438. The highest BCUT2D eigenvalue weighted by atomic mass is 35.5. The number of hydrogen-bond acceptors (Lipinski definition) is 5. The molecular weight excluding hydrogens is 194 g/mol. The number of rotatable bonds is 1. The monoisotopic (exact) mass is 201 g/mol. The number of hydrogen-bond donors (Lipinski definition) is 1. The van der Waals surface area contributed by atoms with Gasteiger partial charge in [-0.05, 0) is 0 Å². The van der Waals surface area contributed by atoms with Crippen LogP contribution in [0.4, 0.5) is 5.82 Å². The zero-order valence-corrected chi connectivity index (χ0v) is 7.49. The summed E-state index contributed by atoms with van der Waals surface area (Å²) in [5, 5.41) is 0.277. The highest BCUT2D eigenvalue weighted by molar-refractivity contribution is 6.30. The molecule has 6 heteroatoms. The molecule has 2 rings (SSSR count). The van der Waals surface area contributed by atoms with E-state index in [0.29, 0.717) is 24.6 Å². The molecule has 1 saturated heterocycles. The summed E-state index contributed by atoms with van der Waals surface area (Å²) < 4.78 is 10.5. The van der Waals surface area contributed by atoms with Crippen LogP contribution in [0.25, 0.3) is 0 Å². The van der Waals surface area contributed by atoms with E-state index in [-0.39, 0.29) is 5.15 Å². The molecule has 0 saturated carbocycles. The van der Waals surface area contributed by atoms with Gasteiger partial charge in [-0.3, -0.25) is 0 Å². The van der Waals surface area contributed by atoms with Crippen molar-refractivity contribution in [1.29, 1.82) is 0 Å². The van der Waals surface area contributed by atoms with Crippen molar-refractivity contribution < 1.29 is 9.47 Å². The maximum atomic E-state index is 5.82. The number of anilines is 1. The minimum absolute atomic E-state index is 0.277. The second-order valence-electron chi connectivity index (χ2n) is 2.54. The molecule has 0 spiro atoms. The molecule has 1 aromatic rings. The van der Waals surface area contributed by atoms with Crippen LogP contribution in [-0.2, 0) is 9.47 Å². The highest BCUT2D eigenvalue weighted by Gasteiger charge is 2.24. The average Bonchev–Trinajstić information content (AvgIpc) is 2.57. The Bertz CT molecular complexity index is 294. The third kappa shape index (κ3) is 1.58. The van der Waals surface area contributed by atoms with E-state index in [9.17, 15) is 0 Å². The Kier molecular flexibility index (Phi) is 2.30. The van der Waals surface area contributed by atoms with Crippen molar-refractivity contribution in [2.45, 2.75) is 6.29 Å². The van der Waals surface area contributed by atoms with Gasteiger partial charge in [-0.15, -0.1) is 0 Å². The fourth-order valence-electron chi connectivity index (χ4n) is 1.13. The van der Waals surface area contributed by atoms with E-state index in [2.05, 4.69) is 9.97 Å². The molecule has 1 aliphatic heterocycles. The molecule has 0 radical (unpaired) electrons. The van der Waals surface area contributed by atoms with Crippen LogP contribution in [0, 0.1) is 0 Å². The van der Waals surface area contributed by atoms with Crippen LogP contribution in [0.3, 0.4) is 0 Å². The van der Waals surface area contributed by atoms with Crippen LogP contribution in [0.15, 0.2) is 6.33 Å². The van der Waals surface area contributed by atoms with E-state index in [1.807, 2.05) is 0 Å². The van der Waals surface area contributed by atoms with Crippen LogP contribution in [-0.4, -0.2) is 23.2 Å². The lowest BCUT2D eigenvalue weighted by Gasteiger charge is -2.11. The molecule has 0 unspecified atom stereocenters. The lowest BCUT2D eigenvalue weighted by atomic mass is 10.3. The summed E-state index contributed by atoms with van der Waals surface area (Å²) in [5.74, 6) is 0.298. The van der Waals surface area contributed by atoms with Gasteiger partial charge in [0.1, 0.15) is 17.3 Å². The maximum Gasteiger partial charge on any atom is 0.190 e. The fraction of sp³-hybridized carbons (Fsp3) is 0.429. The number of ether oxygens (including phenoxy) is 2. The smallest absolute Gasteiger partial charge is 0.190 e. The summed E-state index contributed by atoms with van der Waals surface area (Å²) in [5.41, 5.74) is 6.12. The van der Waals surface area contributed by atoms with E-state index < -0.39 is 6.29 Å². The number of halogens is 1. The minimum atomic E-state index is -0.520. The number of nitrogens with zero attached hydrogens (tertiary/aromatic N) is 2. The van der Waals surface area contributed by atoms with Gasteiger partial charge in [0.05, 0.1) is 18.8 Å². The predicted octanol–water partition coefficient (Wildman–Crippen LogP) is 0.758. The molecule has 1 aliphatic rings. The van der Waals surface area contributed by atoms with E-state index >= 15 is 0 Å². The zero-order valence-electron chi connectivity index (χ0n) is 6.74. The standard InChI is InChI=1S/C7H8ClN3O2/c8-5-4(6(9)11-3-10-5)7-12-1-2-13-7/h3,7H,1-2H2,(H2,9,10,11).